The lowest BCUT2D eigenvalue weighted by Gasteiger charge is -2.36. The van der Waals surface area contributed by atoms with Crippen LogP contribution in [0, 0.1) is 0 Å². The Labute approximate surface area is 161 Å². The van der Waals surface area contributed by atoms with Gasteiger partial charge in [0.2, 0.25) is 5.91 Å². The number of nitrogens with two attached hydrogens (primary N) is 1. The summed E-state index contributed by atoms with van der Waals surface area (Å²) in [7, 11) is -1.95. The number of benzene rings is 1. The summed E-state index contributed by atoms with van der Waals surface area (Å²) in [6, 6.07) is 5.30. The lowest BCUT2D eigenvalue weighted by molar-refractivity contribution is -0.131. The second-order valence-electron chi connectivity index (χ2n) is 7.95. The minimum Gasteiger partial charge on any atom is -0.427 e. The number of primary amides is 1. The summed E-state index contributed by atoms with van der Waals surface area (Å²) in [6.07, 6.45) is 0.289. The third-order valence-corrected chi connectivity index (χ3v) is 9.22. The molecule has 0 heterocycles. The van der Waals surface area contributed by atoms with Crippen LogP contribution in [0.25, 0.3) is 0 Å². The van der Waals surface area contributed by atoms with E-state index in [1.807, 2.05) is 0 Å². The van der Waals surface area contributed by atoms with Crippen LogP contribution in [0.4, 0.5) is 0 Å². The van der Waals surface area contributed by atoms with Crippen LogP contribution in [0.15, 0.2) is 24.3 Å². The highest BCUT2D eigenvalue weighted by molar-refractivity contribution is 6.74. The van der Waals surface area contributed by atoms with Crippen molar-refractivity contribution >= 4 is 26.1 Å². The first-order valence-electron chi connectivity index (χ1n) is 8.86. The molecule has 0 unspecified atom stereocenters. The molecular weight excluding hydrogens is 364 g/mol. The quantitative estimate of drug-likeness (QED) is 0.400. The summed E-state index contributed by atoms with van der Waals surface area (Å²) >= 11 is 0. The van der Waals surface area contributed by atoms with Crippen molar-refractivity contribution in [3.05, 3.63) is 29.8 Å². The van der Waals surface area contributed by atoms with Gasteiger partial charge < -0.3 is 20.2 Å². The van der Waals surface area contributed by atoms with Crippen molar-refractivity contribution in [3.8, 4) is 5.75 Å². The van der Waals surface area contributed by atoms with E-state index in [2.05, 4.69) is 39.2 Å². The maximum absolute atomic E-state index is 12.4. The second-order valence-corrected chi connectivity index (χ2v) is 12.8. The first kappa shape index (κ1) is 22.8. The molecule has 0 aliphatic carbocycles. The molecule has 0 spiro atoms. The largest absolute Gasteiger partial charge is 0.427 e. The van der Waals surface area contributed by atoms with Gasteiger partial charge in [-0.05, 0) is 42.8 Å². The Morgan fingerprint density at radius 2 is 1.85 bits per heavy atom. The molecular formula is C19H30N2O5Si. The van der Waals surface area contributed by atoms with E-state index in [1.165, 1.54) is 13.0 Å². The van der Waals surface area contributed by atoms with Crippen molar-refractivity contribution < 1.29 is 23.5 Å². The Balaban J connectivity index is 2.73. The van der Waals surface area contributed by atoms with Crippen LogP contribution in [-0.2, 0) is 14.0 Å². The summed E-state index contributed by atoms with van der Waals surface area (Å²) in [6.45, 7) is 12.2. The Bertz CT molecular complexity index is 698. The molecule has 0 saturated heterocycles. The number of rotatable bonds is 8. The minimum atomic E-state index is -1.95. The van der Waals surface area contributed by atoms with Crippen molar-refractivity contribution in [2.75, 3.05) is 6.61 Å². The molecule has 1 rings (SSSR count). The van der Waals surface area contributed by atoms with Gasteiger partial charge in [0.1, 0.15) is 11.8 Å². The predicted molar refractivity (Wildman–Crippen MR) is 106 cm³/mol. The fourth-order valence-electron chi connectivity index (χ4n) is 2.04. The van der Waals surface area contributed by atoms with E-state index in [0.29, 0.717) is 6.61 Å². The Morgan fingerprint density at radius 3 is 2.37 bits per heavy atom. The normalized spacial score (nSPS) is 13.0. The van der Waals surface area contributed by atoms with E-state index in [4.69, 9.17) is 14.9 Å². The lowest BCUT2D eigenvalue weighted by Crippen LogP contribution is -2.47. The lowest BCUT2D eigenvalue weighted by atomic mass is 10.1. The number of esters is 1. The average molecular weight is 395 g/mol. The molecule has 0 saturated carbocycles. The predicted octanol–water partition coefficient (Wildman–Crippen LogP) is 2.61. The van der Waals surface area contributed by atoms with Crippen LogP contribution in [0.5, 0.6) is 5.75 Å². The molecule has 7 nitrogen and oxygen atoms in total. The zero-order chi connectivity index (χ0) is 20.8. The van der Waals surface area contributed by atoms with Crippen molar-refractivity contribution in [2.45, 2.75) is 58.3 Å². The average Bonchev–Trinajstić information content (AvgIpc) is 2.52. The molecule has 1 aromatic rings. The van der Waals surface area contributed by atoms with Crippen molar-refractivity contribution in [2.24, 2.45) is 5.73 Å². The Kier molecular flexibility index (Phi) is 7.73. The summed E-state index contributed by atoms with van der Waals surface area (Å²) in [4.78, 5) is 35.2. The number of ether oxygens (including phenoxy) is 1. The first-order valence-corrected chi connectivity index (χ1v) is 11.8. The minimum absolute atomic E-state index is 0.0512. The summed E-state index contributed by atoms with van der Waals surface area (Å²) in [5, 5.41) is 2.67. The molecule has 0 aliphatic rings. The van der Waals surface area contributed by atoms with Gasteiger partial charge in [-0.3, -0.25) is 14.4 Å². The summed E-state index contributed by atoms with van der Waals surface area (Å²) < 4.78 is 11.0. The molecule has 0 bridgehead atoms. The van der Waals surface area contributed by atoms with Gasteiger partial charge in [-0.2, -0.15) is 0 Å². The van der Waals surface area contributed by atoms with Crippen LogP contribution in [0.2, 0.25) is 18.1 Å². The molecule has 0 aromatic heterocycles. The number of carbonyl (C=O) groups is 3. The van der Waals surface area contributed by atoms with Gasteiger partial charge in [0.15, 0.2) is 8.32 Å². The number of amides is 2. The van der Waals surface area contributed by atoms with Gasteiger partial charge in [-0.15, -0.1) is 0 Å². The van der Waals surface area contributed by atoms with Crippen LogP contribution in [0.3, 0.4) is 0 Å². The fraction of sp³-hybridized carbons (Fsp3) is 0.526. The Morgan fingerprint density at radius 1 is 1.22 bits per heavy atom. The van der Waals surface area contributed by atoms with Crippen molar-refractivity contribution in [1.82, 2.24) is 5.32 Å². The molecule has 3 N–H and O–H groups in total. The van der Waals surface area contributed by atoms with E-state index in [-0.39, 0.29) is 22.8 Å². The van der Waals surface area contributed by atoms with Crippen molar-refractivity contribution in [1.29, 1.82) is 0 Å². The Hall–Kier alpha value is -2.19. The standard InChI is InChI=1S/C19H30N2O5Si/c1-13(22)26-15-9-7-8-14(12-15)18(24)21-16(17(20)23)10-11-25-27(5,6)19(2,3)4/h7-9,12,16H,10-11H2,1-6H3,(H2,20,23)(H,21,24)/t16-/m0/s1. The molecule has 150 valence electrons. The smallest absolute Gasteiger partial charge is 0.308 e. The maximum Gasteiger partial charge on any atom is 0.308 e. The van der Waals surface area contributed by atoms with E-state index < -0.39 is 32.1 Å². The highest BCUT2D eigenvalue weighted by Gasteiger charge is 2.37. The van der Waals surface area contributed by atoms with E-state index in [9.17, 15) is 14.4 Å². The maximum atomic E-state index is 12.4. The highest BCUT2D eigenvalue weighted by atomic mass is 28.4. The van der Waals surface area contributed by atoms with Gasteiger partial charge >= 0.3 is 5.97 Å². The molecule has 0 aliphatic heterocycles. The number of hydrogen-bond acceptors (Lipinski definition) is 5. The number of nitrogens with one attached hydrogen (secondary N) is 1. The van der Waals surface area contributed by atoms with Crippen LogP contribution >= 0.6 is 0 Å². The molecule has 1 atom stereocenters. The number of carbonyl (C=O) groups excluding carboxylic acids is 3. The monoisotopic (exact) mass is 394 g/mol. The van der Waals surface area contributed by atoms with Gasteiger partial charge in [0.25, 0.3) is 5.91 Å². The zero-order valence-electron chi connectivity index (χ0n) is 16.9. The van der Waals surface area contributed by atoms with Gasteiger partial charge in [-0.1, -0.05) is 26.8 Å². The highest BCUT2D eigenvalue weighted by Crippen LogP contribution is 2.36. The third-order valence-electron chi connectivity index (χ3n) is 4.68. The number of hydrogen-bond donors (Lipinski definition) is 2. The molecule has 8 heteroatoms. The fourth-order valence-corrected chi connectivity index (χ4v) is 3.10. The van der Waals surface area contributed by atoms with E-state index >= 15 is 0 Å². The molecule has 0 fully saturated rings. The van der Waals surface area contributed by atoms with E-state index in [0.717, 1.165) is 0 Å². The van der Waals surface area contributed by atoms with Gasteiger partial charge in [0, 0.05) is 19.1 Å². The first-order chi connectivity index (χ1) is 12.3. The SMILES string of the molecule is CC(=O)Oc1cccc(C(=O)N[C@@H](CCO[Si](C)(C)C(C)(C)C)C(N)=O)c1. The van der Waals surface area contributed by atoms with Crippen LogP contribution in [-0.4, -0.2) is 38.7 Å². The zero-order valence-corrected chi connectivity index (χ0v) is 17.9. The van der Waals surface area contributed by atoms with Gasteiger partial charge in [0.05, 0.1) is 0 Å². The van der Waals surface area contributed by atoms with Gasteiger partial charge in [-0.25, -0.2) is 0 Å². The van der Waals surface area contributed by atoms with Crippen LogP contribution in [0.1, 0.15) is 44.5 Å². The molecule has 2 amide bonds. The summed E-state index contributed by atoms with van der Waals surface area (Å²) in [5.74, 6) is -1.32. The molecule has 27 heavy (non-hydrogen) atoms. The summed E-state index contributed by atoms with van der Waals surface area (Å²) in [5.41, 5.74) is 5.70. The van der Waals surface area contributed by atoms with Crippen molar-refractivity contribution in [3.63, 3.8) is 0 Å². The van der Waals surface area contributed by atoms with E-state index in [1.54, 1.807) is 18.2 Å². The second kappa shape index (κ2) is 9.14. The topological polar surface area (TPSA) is 108 Å². The molecule has 1 aromatic carbocycles. The van der Waals surface area contributed by atoms with Crippen LogP contribution < -0.4 is 15.8 Å². The third kappa shape index (κ3) is 7.14. The molecule has 0 radical (unpaired) electrons.